The van der Waals surface area contributed by atoms with Gasteiger partial charge in [0, 0.05) is 53.9 Å². The second kappa shape index (κ2) is 51.1. The summed E-state index contributed by atoms with van der Waals surface area (Å²) in [5.41, 5.74) is 6.81. The molecule has 0 saturated heterocycles. The first kappa shape index (κ1) is 81.2. The molecule has 7 aromatic rings. The van der Waals surface area contributed by atoms with Crippen molar-refractivity contribution in [1.82, 2.24) is 29.9 Å². The highest BCUT2D eigenvalue weighted by molar-refractivity contribution is 6.00. The predicted octanol–water partition coefficient (Wildman–Crippen LogP) is 22.5. The monoisotopic (exact) mass is 1390 g/mol. The lowest BCUT2D eigenvalue weighted by atomic mass is 10.1. The third kappa shape index (κ3) is 33.4. The van der Waals surface area contributed by atoms with Gasteiger partial charge in [0.05, 0.1) is 56.3 Å². The average molecular weight is 1390 g/mol. The molecule has 3 heterocycles. The number of benzene rings is 4. The fourth-order valence-corrected chi connectivity index (χ4v) is 12.4. The van der Waals surface area contributed by atoms with Gasteiger partial charge >= 0.3 is 17.9 Å². The van der Waals surface area contributed by atoms with Gasteiger partial charge in [-0.05, 0) is 185 Å². The topological polar surface area (TPSA) is 184 Å². The molecule has 0 aliphatic carbocycles. The number of rotatable bonds is 57. The highest BCUT2D eigenvalue weighted by Gasteiger charge is 2.20. The van der Waals surface area contributed by atoms with Crippen LogP contribution in [0.1, 0.15) is 300 Å². The Labute approximate surface area is 611 Å². The molecule has 0 unspecified atom stereocenters. The van der Waals surface area contributed by atoms with Crippen molar-refractivity contribution >= 4 is 17.9 Å². The molecule has 0 fully saturated rings. The minimum atomic E-state index is -0.602. The molecular weight excluding hydrogens is 1270 g/mol. The van der Waals surface area contributed by atoms with Crippen LogP contribution in [0.3, 0.4) is 0 Å². The van der Waals surface area contributed by atoms with Crippen molar-refractivity contribution in [2.75, 3.05) is 39.6 Å². The molecule has 0 N–H and O–H groups in total. The van der Waals surface area contributed by atoms with E-state index in [0.717, 1.165) is 167 Å². The lowest BCUT2D eigenvalue weighted by molar-refractivity contribution is 0.0494. The van der Waals surface area contributed by atoms with Crippen LogP contribution in [0, 0.1) is 0 Å². The number of carbonyl (C=O) groups is 3. The maximum absolute atomic E-state index is 13.5. The number of aryl methyl sites for hydroxylation is 3. The van der Waals surface area contributed by atoms with Crippen molar-refractivity contribution in [3.05, 3.63) is 162 Å². The summed E-state index contributed by atoms with van der Waals surface area (Å²) in [6.07, 6.45) is 54.5. The first-order chi connectivity index (χ1) is 50.3. The molecule has 552 valence electrons. The van der Waals surface area contributed by atoms with E-state index in [1.54, 1.807) is 0 Å². The molecule has 0 bridgehead atoms. The van der Waals surface area contributed by atoms with Crippen molar-refractivity contribution in [2.45, 2.75) is 271 Å². The Kier molecular flexibility index (Phi) is 40.7. The summed E-state index contributed by atoms with van der Waals surface area (Å²) in [5, 5.41) is 0. The Balaban J connectivity index is 0.766. The summed E-state index contributed by atoms with van der Waals surface area (Å²) >= 11 is 0. The van der Waals surface area contributed by atoms with Gasteiger partial charge in [0.2, 0.25) is 0 Å². The minimum absolute atomic E-state index is 0.108. The molecule has 0 aliphatic rings. The maximum atomic E-state index is 13.5. The van der Waals surface area contributed by atoms with Crippen LogP contribution in [0.15, 0.2) is 128 Å². The minimum Gasteiger partial charge on any atom is -0.494 e. The Morgan fingerprint density at radius 1 is 0.255 bits per heavy atom. The first-order valence-corrected chi connectivity index (χ1v) is 39.6. The predicted molar refractivity (Wildman–Crippen MR) is 411 cm³/mol. The number of aromatic nitrogens is 6. The highest BCUT2D eigenvalue weighted by atomic mass is 16.5. The van der Waals surface area contributed by atoms with Crippen molar-refractivity contribution in [3.8, 4) is 51.4 Å². The lowest BCUT2D eigenvalue weighted by Crippen LogP contribution is -2.14. The number of carbonyl (C=O) groups excluding carboxylic acids is 3. The fraction of sp³-hybridized carbons (Fsp3) is 0.552. The fourth-order valence-electron chi connectivity index (χ4n) is 12.4. The van der Waals surface area contributed by atoms with Gasteiger partial charge < -0.3 is 28.4 Å². The van der Waals surface area contributed by atoms with Crippen LogP contribution in [0.4, 0.5) is 0 Å². The summed E-state index contributed by atoms with van der Waals surface area (Å²) in [4.78, 5) is 68.4. The first-order valence-electron chi connectivity index (χ1n) is 39.6. The van der Waals surface area contributed by atoms with E-state index in [9.17, 15) is 14.4 Å². The molecule has 3 aromatic heterocycles. The van der Waals surface area contributed by atoms with Crippen molar-refractivity contribution < 1.29 is 42.8 Å². The summed E-state index contributed by atoms with van der Waals surface area (Å²) in [6.45, 7) is 9.30. The zero-order valence-electron chi connectivity index (χ0n) is 62.3. The number of nitrogens with zero attached hydrogens (tertiary/aromatic N) is 6. The van der Waals surface area contributed by atoms with Gasteiger partial charge in [-0.2, -0.15) is 0 Å². The van der Waals surface area contributed by atoms with Gasteiger partial charge in [-0.3, -0.25) is 0 Å². The van der Waals surface area contributed by atoms with Crippen molar-refractivity contribution in [1.29, 1.82) is 0 Å². The van der Waals surface area contributed by atoms with E-state index in [4.69, 9.17) is 28.4 Å². The number of esters is 3. The van der Waals surface area contributed by atoms with Crippen LogP contribution in [-0.4, -0.2) is 87.5 Å². The van der Waals surface area contributed by atoms with Crippen LogP contribution in [0.5, 0.6) is 17.2 Å². The SMILES string of the molecule is CCCCCCCCc1cnc(-c2ccc(OCCCCCCCCOC(=O)c3cc(C(=O)OCCCCCCCCOc4ccc(-c5ncc(CCCCCCCC)cn5)cc4)cc(C(=O)OCCCCCCCCOc4ccc(-c5ncc(CCCCCCCC)cn5)cc4)c3)cc2)nc1. The largest absolute Gasteiger partial charge is 0.494 e. The number of ether oxygens (including phenoxy) is 6. The van der Waals surface area contributed by atoms with Crippen molar-refractivity contribution in [2.24, 2.45) is 0 Å². The maximum Gasteiger partial charge on any atom is 0.338 e. The molecule has 15 nitrogen and oxygen atoms in total. The summed E-state index contributed by atoms with van der Waals surface area (Å²) in [6, 6.07) is 28.3. The summed E-state index contributed by atoms with van der Waals surface area (Å²) < 4.78 is 35.3. The molecule has 0 aliphatic heterocycles. The summed E-state index contributed by atoms with van der Waals surface area (Å²) in [7, 11) is 0. The van der Waals surface area contributed by atoms with Gasteiger partial charge in [-0.15, -0.1) is 0 Å². The molecule has 0 atom stereocenters. The lowest BCUT2D eigenvalue weighted by Gasteiger charge is -2.11. The standard InChI is InChI=1S/C87H120N6O9/c1-4-7-10-13-22-31-40-70-64-88-82(89-65-70)73-43-49-79(50-44-73)97-55-34-25-16-19-28-37-58-100-85(94)76-61-77(86(95)101-59-38-29-20-17-26-35-56-98-80-51-45-74(46-52-80)83-90-66-71(67-91-83)41-32-23-14-11-8-5-2)63-78(62-76)87(96)102-60-39-30-21-18-27-36-57-99-81-53-47-75(48-54-81)84-92-68-72(69-93-84)42-33-24-15-12-9-6-3/h43-54,61-69H,4-42,55-60H2,1-3H3. The van der Waals surface area contributed by atoms with E-state index in [-0.39, 0.29) is 36.5 Å². The number of hydrogen-bond acceptors (Lipinski definition) is 15. The van der Waals surface area contributed by atoms with Crippen molar-refractivity contribution in [3.63, 3.8) is 0 Å². The van der Waals surface area contributed by atoms with Gasteiger partial charge in [0.15, 0.2) is 17.5 Å². The number of unbranched alkanes of at least 4 members (excludes halogenated alkanes) is 30. The molecule has 0 spiro atoms. The second-order valence-corrected chi connectivity index (χ2v) is 27.5. The van der Waals surface area contributed by atoms with Gasteiger partial charge in [0.1, 0.15) is 17.2 Å². The third-order valence-corrected chi connectivity index (χ3v) is 18.7. The zero-order valence-corrected chi connectivity index (χ0v) is 62.3. The normalized spacial score (nSPS) is 11.2. The van der Waals surface area contributed by atoms with E-state index in [2.05, 4.69) is 50.7 Å². The van der Waals surface area contributed by atoms with E-state index in [1.165, 1.54) is 150 Å². The molecule has 15 heteroatoms. The second-order valence-electron chi connectivity index (χ2n) is 27.5. The Morgan fingerprint density at radius 3 is 0.696 bits per heavy atom. The molecule has 4 aromatic carbocycles. The molecular formula is C87H120N6O9. The third-order valence-electron chi connectivity index (χ3n) is 18.7. The molecule has 0 radical (unpaired) electrons. The summed E-state index contributed by atoms with van der Waals surface area (Å²) in [5.74, 6) is 2.86. The Morgan fingerprint density at radius 2 is 0.461 bits per heavy atom. The molecule has 7 rings (SSSR count). The van der Waals surface area contributed by atoms with Crippen LogP contribution < -0.4 is 14.2 Å². The van der Waals surface area contributed by atoms with Crippen LogP contribution in [0.25, 0.3) is 34.2 Å². The molecule has 0 saturated carbocycles. The van der Waals surface area contributed by atoms with Gasteiger partial charge in [-0.1, -0.05) is 194 Å². The smallest absolute Gasteiger partial charge is 0.338 e. The Bertz CT molecular complexity index is 2980. The van der Waals surface area contributed by atoms with Crippen LogP contribution in [0.2, 0.25) is 0 Å². The van der Waals surface area contributed by atoms with E-state index in [0.29, 0.717) is 39.1 Å². The zero-order chi connectivity index (χ0) is 71.5. The highest BCUT2D eigenvalue weighted by Crippen LogP contribution is 2.25. The Hall–Kier alpha value is -8.07. The number of hydrogen-bond donors (Lipinski definition) is 0. The molecule has 102 heavy (non-hydrogen) atoms. The molecule has 0 amide bonds. The van der Waals surface area contributed by atoms with E-state index >= 15 is 0 Å². The average Bonchev–Trinajstić information content (AvgIpc) is 1.07. The van der Waals surface area contributed by atoms with Gasteiger partial charge in [-0.25, -0.2) is 44.3 Å². The van der Waals surface area contributed by atoms with E-state index in [1.807, 2.05) is 110 Å². The van der Waals surface area contributed by atoms with E-state index < -0.39 is 17.9 Å². The van der Waals surface area contributed by atoms with Crippen LogP contribution >= 0.6 is 0 Å². The van der Waals surface area contributed by atoms with Gasteiger partial charge in [0.25, 0.3) is 0 Å². The quantitative estimate of drug-likeness (QED) is 0.0199. The van der Waals surface area contributed by atoms with Crippen LogP contribution in [-0.2, 0) is 33.5 Å².